The highest BCUT2D eigenvalue weighted by molar-refractivity contribution is 5.05. The van der Waals surface area contributed by atoms with Crippen LogP contribution in [0.4, 0.5) is 0 Å². The lowest BCUT2D eigenvalue weighted by molar-refractivity contribution is 0.685. The Labute approximate surface area is 77.7 Å². The number of H-pyrrole nitrogens is 1. The first-order valence-corrected chi connectivity index (χ1v) is 3.86. The number of hydrogen-bond acceptors (Lipinski definition) is 4. The third-order valence-corrected chi connectivity index (χ3v) is 1.73. The molecule has 2 aromatic heterocycles. The van der Waals surface area contributed by atoms with Crippen LogP contribution in [0.25, 0.3) is 5.95 Å². The van der Waals surface area contributed by atoms with E-state index in [1.54, 1.807) is 12.3 Å². The van der Waals surface area contributed by atoms with Crippen LogP contribution >= 0.6 is 0 Å². The lowest BCUT2D eigenvalue weighted by Crippen LogP contribution is -2.36. The standard InChI is InChI=1S/C7H7N5O2/c1-11-6(13)9-5(10-7(11)14)12-4-2-3-8-12/h2-4H,1H3,(H,9,10,13,14). The molecule has 2 rings (SSSR count). The molecule has 72 valence electrons. The molecule has 0 fully saturated rings. The smallest absolute Gasteiger partial charge is 0.275 e. The van der Waals surface area contributed by atoms with Crippen LogP contribution < -0.4 is 11.4 Å². The molecule has 0 amide bonds. The van der Waals surface area contributed by atoms with Crippen molar-refractivity contribution in [3.05, 3.63) is 39.4 Å². The van der Waals surface area contributed by atoms with Gasteiger partial charge in [0, 0.05) is 19.4 Å². The van der Waals surface area contributed by atoms with Gasteiger partial charge < -0.3 is 0 Å². The Bertz CT molecular complexity index is 519. The summed E-state index contributed by atoms with van der Waals surface area (Å²) in [6.07, 6.45) is 3.11. The van der Waals surface area contributed by atoms with E-state index < -0.39 is 11.4 Å². The highest BCUT2D eigenvalue weighted by Gasteiger charge is 2.03. The van der Waals surface area contributed by atoms with Crippen LogP contribution in [-0.4, -0.2) is 24.3 Å². The summed E-state index contributed by atoms with van der Waals surface area (Å²) in [4.78, 5) is 28.4. The van der Waals surface area contributed by atoms with Crippen molar-refractivity contribution in [2.45, 2.75) is 0 Å². The van der Waals surface area contributed by atoms with Crippen molar-refractivity contribution in [1.82, 2.24) is 24.3 Å². The molecule has 2 aromatic rings. The highest BCUT2D eigenvalue weighted by Crippen LogP contribution is 1.90. The maximum absolute atomic E-state index is 11.2. The molecule has 7 nitrogen and oxygen atoms in total. The topological polar surface area (TPSA) is 85.6 Å². The third kappa shape index (κ3) is 1.24. The average molecular weight is 193 g/mol. The van der Waals surface area contributed by atoms with Crippen molar-refractivity contribution >= 4 is 0 Å². The average Bonchev–Trinajstić information content (AvgIpc) is 2.66. The molecule has 0 aliphatic rings. The first-order chi connectivity index (χ1) is 6.68. The van der Waals surface area contributed by atoms with Crippen LogP contribution in [0.3, 0.4) is 0 Å². The van der Waals surface area contributed by atoms with Crippen molar-refractivity contribution in [3.8, 4) is 5.95 Å². The van der Waals surface area contributed by atoms with Gasteiger partial charge in [0.25, 0.3) is 0 Å². The molecule has 0 aromatic carbocycles. The Morgan fingerprint density at radius 3 is 2.79 bits per heavy atom. The van der Waals surface area contributed by atoms with E-state index in [0.29, 0.717) is 0 Å². The molecule has 1 N–H and O–H groups in total. The number of rotatable bonds is 1. The number of hydrogen-bond donors (Lipinski definition) is 1. The maximum Gasteiger partial charge on any atom is 0.354 e. The van der Waals surface area contributed by atoms with Gasteiger partial charge in [0.05, 0.1) is 0 Å². The maximum atomic E-state index is 11.2. The van der Waals surface area contributed by atoms with Gasteiger partial charge in [-0.15, -0.1) is 0 Å². The quantitative estimate of drug-likeness (QED) is 0.607. The van der Waals surface area contributed by atoms with Crippen LogP contribution in [0.15, 0.2) is 28.0 Å². The summed E-state index contributed by atoms with van der Waals surface area (Å²) >= 11 is 0. The molecule has 7 heteroatoms. The minimum Gasteiger partial charge on any atom is -0.275 e. The van der Waals surface area contributed by atoms with Crippen LogP contribution in [0.5, 0.6) is 0 Å². The fourth-order valence-electron chi connectivity index (χ4n) is 0.963. The minimum atomic E-state index is -0.612. The second-order valence-corrected chi connectivity index (χ2v) is 2.66. The van der Waals surface area contributed by atoms with Gasteiger partial charge in [0.1, 0.15) is 0 Å². The van der Waals surface area contributed by atoms with Crippen molar-refractivity contribution < 1.29 is 0 Å². The molecule has 0 radical (unpaired) electrons. The molecule has 0 aliphatic carbocycles. The molecule has 0 aliphatic heterocycles. The zero-order valence-electron chi connectivity index (χ0n) is 7.34. The van der Waals surface area contributed by atoms with Crippen molar-refractivity contribution in [2.24, 2.45) is 7.05 Å². The monoisotopic (exact) mass is 193 g/mol. The fraction of sp³-hybridized carbons (Fsp3) is 0.143. The molecule has 0 saturated carbocycles. The summed E-state index contributed by atoms with van der Waals surface area (Å²) in [6.45, 7) is 0. The number of nitrogens with zero attached hydrogens (tertiary/aromatic N) is 4. The first kappa shape index (κ1) is 8.42. The predicted octanol–water partition coefficient (Wildman–Crippen LogP) is -1.35. The van der Waals surface area contributed by atoms with Crippen molar-refractivity contribution in [3.63, 3.8) is 0 Å². The lowest BCUT2D eigenvalue weighted by Gasteiger charge is -1.99. The fourth-order valence-corrected chi connectivity index (χ4v) is 0.963. The van der Waals surface area contributed by atoms with Gasteiger partial charge in [0.2, 0.25) is 5.95 Å². The largest absolute Gasteiger partial charge is 0.354 e. The van der Waals surface area contributed by atoms with Crippen LogP contribution in [0.2, 0.25) is 0 Å². The van der Waals surface area contributed by atoms with Crippen molar-refractivity contribution in [2.75, 3.05) is 0 Å². The molecule has 0 spiro atoms. The van der Waals surface area contributed by atoms with Crippen molar-refractivity contribution in [1.29, 1.82) is 0 Å². The van der Waals surface area contributed by atoms with Gasteiger partial charge in [0.15, 0.2) is 0 Å². The van der Waals surface area contributed by atoms with E-state index in [2.05, 4.69) is 15.1 Å². The highest BCUT2D eigenvalue weighted by atomic mass is 16.2. The number of aromatic amines is 1. The van der Waals surface area contributed by atoms with Gasteiger partial charge in [-0.3, -0.25) is 4.98 Å². The van der Waals surface area contributed by atoms with Crippen LogP contribution in [0, 0.1) is 0 Å². The Kier molecular flexibility index (Phi) is 1.77. The zero-order valence-corrected chi connectivity index (χ0v) is 7.34. The summed E-state index contributed by atoms with van der Waals surface area (Å²) < 4.78 is 2.19. The Balaban J connectivity index is 2.69. The summed E-state index contributed by atoms with van der Waals surface area (Å²) in [5.74, 6) is 0.114. The Morgan fingerprint density at radius 1 is 1.43 bits per heavy atom. The minimum absolute atomic E-state index is 0.114. The van der Waals surface area contributed by atoms with Gasteiger partial charge in [-0.2, -0.15) is 10.1 Å². The van der Waals surface area contributed by atoms with E-state index in [-0.39, 0.29) is 5.95 Å². The van der Waals surface area contributed by atoms with Crippen LogP contribution in [0.1, 0.15) is 0 Å². The van der Waals surface area contributed by atoms with E-state index in [1.807, 2.05) is 0 Å². The van der Waals surface area contributed by atoms with E-state index in [1.165, 1.54) is 17.9 Å². The molecule has 0 saturated heterocycles. The van der Waals surface area contributed by atoms with Gasteiger partial charge in [-0.25, -0.2) is 18.8 Å². The molecular weight excluding hydrogens is 186 g/mol. The summed E-state index contributed by atoms with van der Waals surface area (Å²) in [6, 6.07) is 1.66. The zero-order chi connectivity index (χ0) is 10.1. The number of nitrogens with one attached hydrogen (secondary N) is 1. The lowest BCUT2D eigenvalue weighted by atomic mass is 10.7. The molecule has 2 heterocycles. The Hall–Kier alpha value is -2.18. The van der Waals surface area contributed by atoms with E-state index >= 15 is 0 Å². The van der Waals surface area contributed by atoms with E-state index in [9.17, 15) is 9.59 Å². The normalized spacial score (nSPS) is 10.4. The molecule has 0 atom stereocenters. The summed E-state index contributed by atoms with van der Waals surface area (Å²) in [5, 5.41) is 3.83. The third-order valence-electron chi connectivity index (χ3n) is 1.73. The van der Waals surface area contributed by atoms with E-state index in [4.69, 9.17) is 0 Å². The first-order valence-electron chi connectivity index (χ1n) is 3.86. The van der Waals surface area contributed by atoms with E-state index in [0.717, 1.165) is 4.57 Å². The van der Waals surface area contributed by atoms with Crippen LogP contribution in [-0.2, 0) is 7.05 Å². The molecule has 0 unspecified atom stereocenters. The number of aromatic nitrogens is 5. The molecular formula is C7H7N5O2. The predicted molar refractivity (Wildman–Crippen MR) is 47.2 cm³/mol. The molecule has 0 bridgehead atoms. The summed E-state index contributed by atoms with van der Waals surface area (Å²) in [5.41, 5.74) is -1.13. The second-order valence-electron chi connectivity index (χ2n) is 2.66. The molecule has 14 heavy (non-hydrogen) atoms. The van der Waals surface area contributed by atoms with Gasteiger partial charge in [-0.1, -0.05) is 0 Å². The summed E-state index contributed by atoms with van der Waals surface area (Å²) in [7, 11) is 1.35. The SMILES string of the molecule is Cn1c(=O)nc(-n2cccn2)[nH]c1=O. The Morgan fingerprint density at radius 2 is 2.21 bits per heavy atom. The van der Waals surface area contributed by atoms with Gasteiger partial charge in [-0.05, 0) is 6.07 Å². The second kappa shape index (κ2) is 2.95. The van der Waals surface area contributed by atoms with Gasteiger partial charge >= 0.3 is 11.4 Å².